The Morgan fingerprint density at radius 3 is 2.67 bits per heavy atom. The Labute approximate surface area is 274 Å². The summed E-state index contributed by atoms with van der Waals surface area (Å²) in [7, 11) is 0. The van der Waals surface area contributed by atoms with Gasteiger partial charge in [-0.3, -0.25) is 14.6 Å². The van der Waals surface area contributed by atoms with Gasteiger partial charge in [-0.25, -0.2) is 15.0 Å². The van der Waals surface area contributed by atoms with Crippen LogP contribution in [-0.2, 0) is 22.3 Å². The van der Waals surface area contributed by atoms with Gasteiger partial charge < -0.3 is 15.0 Å². The van der Waals surface area contributed by atoms with E-state index in [1.807, 2.05) is 11.8 Å². The lowest BCUT2D eigenvalue weighted by Gasteiger charge is -2.40. The molecule has 0 spiro atoms. The van der Waals surface area contributed by atoms with Crippen LogP contribution in [0.15, 0.2) is 24.5 Å². The number of piperazine rings is 1. The van der Waals surface area contributed by atoms with E-state index in [1.165, 1.54) is 23.7 Å². The van der Waals surface area contributed by atoms with Crippen LogP contribution in [-0.4, -0.2) is 82.1 Å². The Balaban J connectivity index is 1.38. The molecule has 2 aliphatic rings. The van der Waals surface area contributed by atoms with Gasteiger partial charge in [0, 0.05) is 60.3 Å². The summed E-state index contributed by atoms with van der Waals surface area (Å²) in [5, 5.41) is 3.22. The minimum absolute atomic E-state index is 0.0369. The Morgan fingerprint density at radius 2 is 1.96 bits per heavy atom. The lowest BCUT2D eigenvalue weighted by atomic mass is 10.1. The van der Waals surface area contributed by atoms with Crippen LogP contribution in [0.2, 0.25) is 5.02 Å². The fourth-order valence-electron chi connectivity index (χ4n) is 6.14. The average Bonchev–Trinajstić information content (AvgIpc) is 3.63. The van der Waals surface area contributed by atoms with E-state index in [-0.39, 0.29) is 40.7 Å². The van der Waals surface area contributed by atoms with E-state index in [0.29, 0.717) is 56.2 Å². The van der Waals surface area contributed by atoms with Crippen LogP contribution in [0, 0.1) is 5.82 Å². The highest BCUT2D eigenvalue weighted by molar-refractivity contribution is 7.16. The summed E-state index contributed by atoms with van der Waals surface area (Å²) in [6.45, 7) is 9.77. The molecule has 1 N–H and O–H groups in total. The van der Waals surface area contributed by atoms with Gasteiger partial charge in [-0.1, -0.05) is 29.9 Å². The molecule has 0 bridgehead atoms. The molecule has 1 aromatic carbocycles. The third-order valence-corrected chi connectivity index (χ3v) is 9.66. The van der Waals surface area contributed by atoms with Crippen molar-refractivity contribution in [2.75, 3.05) is 49.5 Å². The summed E-state index contributed by atoms with van der Waals surface area (Å²) in [4.78, 5) is 31.9. The van der Waals surface area contributed by atoms with Crippen molar-refractivity contribution in [3.05, 3.63) is 45.8 Å². The Hall–Kier alpha value is -3.07. The first-order valence-electron chi connectivity index (χ1n) is 15.5. The molecule has 9 nitrogen and oxygen atoms in total. The molecule has 15 heteroatoms. The van der Waals surface area contributed by atoms with Gasteiger partial charge in [0.1, 0.15) is 6.33 Å². The second-order valence-corrected chi connectivity index (χ2v) is 13.1. The summed E-state index contributed by atoms with van der Waals surface area (Å²) in [6.07, 6.45) is 0.0378. The number of benzene rings is 1. The van der Waals surface area contributed by atoms with Gasteiger partial charge in [-0.2, -0.15) is 17.6 Å². The fourth-order valence-corrected chi connectivity index (χ4v) is 7.38. The molecule has 0 amide bonds. The van der Waals surface area contributed by atoms with Gasteiger partial charge in [0.25, 0.3) is 0 Å². The van der Waals surface area contributed by atoms with Gasteiger partial charge in [0.2, 0.25) is 5.82 Å². The molecule has 5 rings (SSSR count). The van der Waals surface area contributed by atoms with Crippen molar-refractivity contribution in [3.8, 4) is 11.3 Å². The number of ether oxygens (including phenoxy) is 1. The normalized spacial score (nSPS) is 19.5. The van der Waals surface area contributed by atoms with Gasteiger partial charge in [0.05, 0.1) is 24.3 Å². The first-order chi connectivity index (χ1) is 22.0. The van der Waals surface area contributed by atoms with Crippen molar-refractivity contribution >= 4 is 45.7 Å². The number of anilines is 3. The maximum Gasteiger partial charge on any atom is 0.416 e. The van der Waals surface area contributed by atoms with E-state index in [1.54, 1.807) is 6.92 Å². The SMILES string of the molecule is CCOC(=O)CCN1CCN(c2ncnc(Nc3nc(-c4cc(Cl)cc(C(F)(F)F)c4)c(CN4CCC[C@H]4CC)s3)c2F)C[C@@H]1C. The van der Waals surface area contributed by atoms with E-state index < -0.39 is 17.6 Å². The van der Waals surface area contributed by atoms with Crippen LogP contribution in [0.1, 0.15) is 56.9 Å². The molecule has 250 valence electrons. The first kappa shape index (κ1) is 34.3. The minimum Gasteiger partial charge on any atom is -0.466 e. The van der Waals surface area contributed by atoms with Crippen LogP contribution in [0.5, 0.6) is 0 Å². The third kappa shape index (κ3) is 8.07. The van der Waals surface area contributed by atoms with E-state index in [9.17, 15) is 18.0 Å². The molecule has 2 aromatic heterocycles. The highest BCUT2D eigenvalue weighted by atomic mass is 35.5. The molecule has 0 saturated carbocycles. The van der Waals surface area contributed by atoms with Crippen molar-refractivity contribution in [2.45, 2.75) is 71.3 Å². The molecular weight excluding hydrogens is 646 g/mol. The number of hydrogen-bond acceptors (Lipinski definition) is 10. The molecule has 2 saturated heterocycles. The summed E-state index contributed by atoms with van der Waals surface area (Å²) >= 11 is 7.40. The molecule has 0 unspecified atom stereocenters. The van der Waals surface area contributed by atoms with Crippen molar-refractivity contribution in [3.63, 3.8) is 0 Å². The first-order valence-corrected chi connectivity index (χ1v) is 16.7. The zero-order valence-corrected chi connectivity index (χ0v) is 27.6. The minimum atomic E-state index is -4.58. The lowest BCUT2D eigenvalue weighted by Crippen LogP contribution is -2.52. The third-order valence-electron chi connectivity index (χ3n) is 8.48. The topological polar surface area (TPSA) is 86.7 Å². The highest BCUT2D eigenvalue weighted by Crippen LogP contribution is 2.40. The molecule has 3 aromatic rings. The summed E-state index contributed by atoms with van der Waals surface area (Å²) in [6, 6.07) is 3.81. The maximum absolute atomic E-state index is 15.9. The molecule has 2 aliphatic heterocycles. The van der Waals surface area contributed by atoms with Crippen LogP contribution < -0.4 is 10.2 Å². The fraction of sp³-hybridized carbons (Fsp3) is 0.548. The predicted octanol–water partition coefficient (Wildman–Crippen LogP) is 6.99. The number of carbonyl (C=O) groups excluding carboxylic acids is 1. The number of esters is 1. The largest absolute Gasteiger partial charge is 0.466 e. The van der Waals surface area contributed by atoms with Crippen molar-refractivity contribution < 1.29 is 27.1 Å². The molecule has 46 heavy (non-hydrogen) atoms. The number of nitrogens with one attached hydrogen (secondary N) is 1. The number of rotatable bonds is 11. The Bertz CT molecular complexity index is 1520. The molecule has 0 radical (unpaired) electrons. The van der Waals surface area contributed by atoms with Crippen LogP contribution in [0.3, 0.4) is 0 Å². The van der Waals surface area contributed by atoms with Crippen molar-refractivity contribution in [1.29, 1.82) is 0 Å². The van der Waals surface area contributed by atoms with Gasteiger partial charge >= 0.3 is 12.1 Å². The van der Waals surface area contributed by atoms with E-state index in [2.05, 4.69) is 37.0 Å². The van der Waals surface area contributed by atoms with E-state index >= 15 is 4.39 Å². The van der Waals surface area contributed by atoms with Crippen LogP contribution in [0.25, 0.3) is 11.3 Å². The maximum atomic E-state index is 15.9. The number of aromatic nitrogens is 3. The van der Waals surface area contributed by atoms with Crippen molar-refractivity contribution in [2.24, 2.45) is 0 Å². The van der Waals surface area contributed by atoms with E-state index in [0.717, 1.165) is 42.8 Å². The molecular formula is C31H38ClF4N7O2S. The lowest BCUT2D eigenvalue weighted by molar-refractivity contribution is -0.143. The number of alkyl halides is 3. The molecule has 2 atom stereocenters. The number of likely N-dealkylation sites (tertiary alicyclic amines) is 1. The van der Waals surface area contributed by atoms with Gasteiger partial charge in [-0.05, 0) is 57.9 Å². The second kappa shape index (κ2) is 14.8. The molecule has 4 heterocycles. The number of thiazole rings is 1. The van der Waals surface area contributed by atoms with Crippen LogP contribution in [0.4, 0.5) is 34.3 Å². The smallest absolute Gasteiger partial charge is 0.416 e. The quantitative estimate of drug-likeness (QED) is 0.170. The summed E-state index contributed by atoms with van der Waals surface area (Å²) in [5.74, 6) is -0.839. The van der Waals surface area contributed by atoms with Gasteiger partial charge in [-0.15, -0.1) is 0 Å². The number of carbonyl (C=O) groups is 1. The number of halogens is 5. The Morgan fingerprint density at radius 1 is 1.15 bits per heavy atom. The van der Waals surface area contributed by atoms with Crippen molar-refractivity contribution in [1.82, 2.24) is 24.8 Å². The zero-order chi connectivity index (χ0) is 33.0. The second-order valence-electron chi connectivity index (χ2n) is 11.6. The van der Waals surface area contributed by atoms with Crippen LogP contribution >= 0.6 is 22.9 Å². The standard InChI is InChI=1S/C31H38ClF4N7O2S/c1-4-23-7-6-9-42(23)17-24-27(20-13-21(31(34,35)36)15-22(32)14-20)39-30(46-24)40-28-26(33)29(38-18-37-28)43-12-11-41(19(3)16-43)10-8-25(44)45-5-2/h13-15,18-19,23H,4-12,16-17H2,1-3H3,(H,37,38,39,40)/t19-,23+/m0/s1. The summed E-state index contributed by atoms with van der Waals surface area (Å²) in [5.41, 5.74) is -0.257. The Kier molecular flexibility index (Phi) is 11.0. The predicted molar refractivity (Wildman–Crippen MR) is 171 cm³/mol. The monoisotopic (exact) mass is 683 g/mol. The average molecular weight is 684 g/mol. The molecule has 2 fully saturated rings. The summed E-state index contributed by atoms with van der Waals surface area (Å²) < 4.78 is 62.0. The zero-order valence-electron chi connectivity index (χ0n) is 26.0. The van der Waals surface area contributed by atoms with Gasteiger partial charge in [0.15, 0.2) is 16.8 Å². The number of hydrogen-bond donors (Lipinski definition) is 1. The highest BCUT2D eigenvalue weighted by Gasteiger charge is 2.33. The molecule has 0 aliphatic carbocycles. The van der Waals surface area contributed by atoms with E-state index in [4.69, 9.17) is 16.3 Å². The number of nitrogens with zero attached hydrogens (tertiary/aromatic N) is 6.